The van der Waals surface area contributed by atoms with Crippen molar-refractivity contribution in [2.45, 2.75) is 18.9 Å². The third-order valence-corrected chi connectivity index (χ3v) is 5.76. The summed E-state index contributed by atoms with van der Waals surface area (Å²) in [7, 11) is 0. The zero-order chi connectivity index (χ0) is 21.1. The molecular weight excluding hydrogens is 397 g/mol. The van der Waals surface area contributed by atoms with Crippen molar-refractivity contribution < 1.29 is 9.18 Å². The highest BCUT2D eigenvalue weighted by atomic mass is 32.2. The minimum atomic E-state index is -0.293. The van der Waals surface area contributed by atoms with Crippen LogP contribution in [0.5, 0.6) is 0 Å². The molecule has 0 spiro atoms. The summed E-state index contributed by atoms with van der Waals surface area (Å²) in [4.78, 5) is 12.5. The van der Waals surface area contributed by atoms with E-state index in [0.717, 1.165) is 33.2 Å². The van der Waals surface area contributed by atoms with Crippen molar-refractivity contribution in [3.05, 3.63) is 83.7 Å². The second kappa shape index (κ2) is 8.63. The molecule has 0 aliphatic rings. The molecule has 30 heavy (non-hydrogen) atoms. The van der Waals surface area contributed by atoms with Crippen LogP contribution in [0.15, 0.2) is 71.8 Å². The summed E-state index contributed by atoms with van der Waals surface area (Å²) in [6.45, 7) is 3.96. The first-order valence-corrected chi connectivity index (χ1v) is 10.5. The van der Waals surface area contributed by atoms with Crippen molar-refractivity contribution in [1.82, 2.24) is 10.2 Å². The molecule has 6 heteroatoms. The molecule has 4 nitrogen and oxygen atoms in total. The topological polar surface area (TPSA) is 54.9 Å². The third-order valence-electron chi connectivity index (χ3n) is 4.78. The number of nitrogens with one attached hydrogen (secondary N) is 1. The maximum atomic E-state index is 13.3. The standard InChI is InChI=1S/C24H20FN3OS/c1-15-7-8-16(2)21(13-15)26-22(29)14-30-24-20-6-4-3-5-19(20)23(27-28-24)17-9-11-18(25)12-10-17/h3-13H,14H2,1-2H3,(H,26,29). The molecule has 1 heterocycles. The van der Waals surface area contributed by atoms with E-state index in [1.165, 1.54) is 23.9 Å². The molecule has 4 aromatic rings. The summed E-state index contributed by atoms with van der Waals surface area (Å²) in [6, 6.07) is 20.0. The highest BCUT2D eigenvalue weighted by Gasteiger charge is 2.13. The number of carbonyl (C=O) groups excluding carboxylic acids is 1. The lowest BCUT2D eigenvalue weighted by Crippen LogP contribution is -2.15. The van der Waals surface area contributed by atoms with Crippen LogP contribution in [0.2, 0.25) is 0 Å². The second-order valence-corrected chi connectivity index (χ2v) is 8.03. The van der Waals surface area contributed by atoms with Gasteiger partial charge in [0.05, 0.1) is 5.75 Å². The van der Waals surface area contributed by atoms with Crippen LogP contribution in [-0.4, -0.2) is 21.9 Å². The monoisotopic (exact) mass is 417 g/mol. The number of aromatic nitrogens is 2. The number of benzene rings is 3. The van der Waals surface area contributed by atoms with Crippen LogP contribution in [0.1, 0.15) is 11.1 Å². The number of thioether (sulfide) groups is 1. The van der Waals surface area contributed by atoms with Crippen LogP contribution < -0.4 is 5.32 Å². The van der Waals surface area contributed by atoms with Crippen LogP contribution in [0, 0.1) is 19.7 Å². The minimum absolute atomic E-state index is 0.0952. The van der Waals surface area contributed by atoms with E-state index in [0.29, 0.717) is 10.7 Å². The number of hydrogen-bond donors (Lipinski definition) is 1. The average Bonchev–Trinajstić information content (AvgIpc) is 2.75. The zero-order valence-electron chi connectivity index (χ0n) is 16.6. The predicted molar refractivity (Wildman–Crippen MR) is 120 cm³/mol. The van der Waals surface area contributed by atoms with Gasteiger partial charge in [-0.15, -0.1) is 10.2 Å². The Morgan fingerprint density at radius 3 is 2.47 bits per heavy atom. The van der Waals surface area contributed by atoms with E-state index in [9.17, 15) is 9.18 Å². The van der Waals surface area contributed by atoms with E-state index in [4.69, 9.17) is 0 Å². The molecule has 0 saturated heterocycles. The molecule has 0 fully saturated rings. The van der Waals surface area contributed by atoms with Gasteiger partial charge in [0.15, 0.2) is 0 Å². The van der Waals surface area contributed by atoms with E-state index in [2.05, 4.69) is 15.5 Å². The summed E-state index contributed by atoms with van der Waals surface area (Å²) in [5, 5.41) is 14.2. The Kier molecular flexibility index (Phi) is 5.77. The first kappa shape index (κ1) is 20.0. The number of halogens is 1. The predicted octanol–water partition coefficient (Wildman–Crippen LogP) is 5.78. The van der Waals surface area contributed by atoms with Crippen molar-refractivity contribution in [3.63, 3.8) is 0 Å². The number of anilines is 1. The summed E-state index contributed by atoms with van der Waals surface area (Å²) in [5.41, 5.74) is 4.42. The summed E-state index contributed by atoms with van der Waals surface area (Å²) in [6.07, 6.45) is 0. The maximum absolute atomic E-state index is 13.3. The van der Waals surface area contributed by atoms with Crippen LogP contribution in [0.4, 0.5) is 10.1 Å². The highest BCUT2D eigenvalue weighted by Crippen LogP contribution is 2.31. The summed E-state index contributed by atoms with van der Waals surface area (Å²) in [5.74, 6) is -0.165. The lowest BCUT2D eigenvalue weighted by molar-refractivity contribution is -0.113. The number of carbonyl (C=O) groups is 1. The Bertz CT molecular complexity index is 1230. The molecule has 150 valence electrons. The first-order valence-electron chi connectivity index (χ1n) is 9.52. The highest BCUT2D eigenvalue weighted by molar-refractivity contribution is 8.00. The third kappa shape index (κ3) is 4.33. The van der Waals surface area contributed by atoms with Crippen LogP contribution >= 0.6 is 11.8 Å². The number of fused-ring (bicyclic) bond motifs is 1. The normalized spacial score (nSPS) is 10.9. The fourth-order valence-corrected chi connectivity index (χ4v) is 3.97. The van der Waals surface area contributed by atoms with Crippen molar-refractivity contribution >= 4 is 34.1 Å². The molecule has 0 saturated carbocycles. The number of rotatable bonds is 5. The van der Waals surface area contributed by atoms with Crippen LogP contribution in [-0.2, 0) is 4.79 Å². The molecule has 1 amide bonds. The molecule has 3 aromatic carbocycles. The molecule has 0 bridgehead atoms. The van der Waals surface area contributed by atoms with Crippen LogP contribution in [0.3, 0.4) is 0 Å². The number of hydrogen-bond acceptors (Lipinski definition) is 4. The number of nitrogens with zero attached hydrogens (tertiary/aromatic N) is 2. The van der Waals surface area contributed by atoms with Crippen molar-refractivity contribution in [3.8, 4) is 11.3 Å². The fourth-order valence-electron chi connectivity index (χ4n) is 3.20. The van der Waals surface area contributed by atoms with Crippen molar-refractivity contribution in [1.29, 1.82) is 0 Å². The summed E-state index contributed by atoms with van der Waals surface area (Å²) < 4.78 is 13.3. The van der Waals surface area contributed by atoms with Gasteiger partial charge in [-0.25, -0.2) is 4.39 Å². The SMILES string of the molecule is Cc1ccc(C)c(NC(=O)CSc2nnc(-c3ccc(F)cc3)c3ccccc23)c1. The van der Waals surface area contributed by atoms with E-state index >= 15 is 0 Å². The minimum Gasteiger partial charge on any atom is -0.325 e. The molecule has 0 unspecified atom stereocenters. The van der Waals surface area contributed by atoms with E-state index < -0.39 is 0 Å². The Hall–Kier alpha value is -3.25. The Balaban J connectivity index is 1.56. The molecule has 0 aliphatic carbocycles. The number of aryl methyl sites for hydroxylation is 2. The first-order chi connectivity index (χ1) is 14.5. The van der Waals surface area contributed by atoms with E-state index in [1.54, 1.807) is 12.1 Å². The van der Waals surface area contributed by atoms with Gasteiger partial charge in [-0.2, -0.15) is 0 Å². The molecule has 4 rings (SSSR count). The Morgan fingerprint density at radius 2 is 1.70 bits per heavy atom. The van der Waals surface area contributed by atoms with Gasteiger partial charge in [0.25, 0.3) is 0 Å². The van der Waals surface area contributed by atoms with Gasteiger partial charge in [-0.3, -0.25) is 4.79 Å². The van der Waals surface area contributed by atoms with Gasteiger partial charge in [0.1, 0.15) is 16.5 Å². The molecular formula is C24H20FN3OS. The van der Waals surface area contributed by atoms with Crippen molar-refractivity contribution in [2.24, 2.45) is 0 Å². The lowest BCUT2D eigenvalue weighted by atomic mass is 10.1. The maximum Gasteiger partial charge on any atom is 0.234 e. The molecule has 0 atom stereocenters. The van der Waals surface area contributed by atoms with Gasteiger partial charge in [-0.05, 0) is 55.3 Å². The molecule has 1 aromatic heterocycles. The van der Waals surface area contributed by atoms with Gasteiger partial charge in [0.2, 0.25) is 5.91 Å². The van der Waals surface area contributed by atoms with E-state index in [-0.39, 0.29) is 17.5 Å². The molecule has 0 radical (unpaired) electrons. The van der Waals surface area contributed by atoms with Gasteiger partial charge in [-0.1, -0.05) is 48.2 Å². The average molecular weight is 418 g/mol. The Labute approximate surface area is 178 Å². The second-order valence-electron chi connectivity index (χ2n) is 7.06. The largest absolute Gasteiger partial charge is 0.325 e. The summed E-state index contributed by atoms with van der Waals surface area (Å²) >= 11 is 1.35. The smallest absolute Gasteiger partial charge is 0.234 e. The lowest BCUT2D eigenvalue weighted by Gasteiger charge is -2.11. The van der Waals surface area contributed by atoms with Gasteiger partial charge in [0, 0.05) is 22.0 Å². The van der Waals surface area contributed by atoms with Crippen LogP contribution in [0.25, 0.3) is 22.0 Å². The Morgan fingerprint density at radius 1 is 0.967 bits per heavy atom. The zero-order valence-corrected chi connectivity index (χ0v) is 17.5. The quantitative estimate of drug-likeness (QED) is 0.418. The molecule has 0 aliphatic heterocycles. The van der Waals surface area contributed by atoms with E-state index in [1.807, 2.05) is 56.3 Å². The fraction of sp³-hybridized carbons (Fsp3) is 0.125. The number of amides is 1. The van der Waals surface area contributed by atoms with Gasteiger partial charge < -0.3 is 5.32 Å². The molecule has 1 N–H and O–H groups in total. The van der Waals surface area contributed by atoms with Crippen molar-refractivity contribution in [2.75, 3.05) is 11.1 Å². The van der Waals surface area contributed by atoms with Gasteiger partial charge >= 0.3 is 0 Å².